The van der Waals surface area contributed by atoms with E-state index in [9.17, 15) is 20.1 Å². The molecule has 1 aliphatic rings. The van der Waals surface area contributed by atoms with Crippen molar-refractivity contribution in [2.75, 3.05) is 13.7 Å². The number of nitrogens with zero attached hydrogens (tertiary/aromatic N) is 1. The second-order valence-corrected chi connectivity index (χ2v) is 8.75. The van der Waals surface area contributed by atoms with Gasteiger partial charge in [0.25, 0.3) is 0 Å². The van der Waals surface area contributed by atoms with E-state index in [1.165, 1.54) is 13.2 Å². The Morgan fingerprint density at radius 1 is 1.21 bits per heavy atom. The third-order valence-corrected chi connectivity index (χ3v) is 5.88. The number of benzene rings is 1. The molecule has 10 nitrogen and oxygen atoms in total. The lowest BCUT2D eigenvalue weighted by molar-refractivity contribution is -0.306. The van der Waals surface area contributed by atoms with Crippen molar-refractivity contribution in [3.05, 3.63) is 33.7 Å². The molecule has 0 amide bonds. The van der Waals surface area contributed by atoms with Gasteiger partial charge in [0.1, 0.15) is 47.6 Å². The SMILES string of the molecule is CCCON=C(CC)c1c(O)c2ccc(O[C@@H]3OC(C)(C)[C@H](OC)[C@H](O)[C@H]3O)c(C)c2oc1=O. The van der Waals surface area contributed by atoms with Crippen molar-refractivity contribution < 1.29 is 38.8 Å². The molecular weight excluding hydrogens is 446 g/mol. The van der Waals surface area contributed by atoms with E-state index >= 15 is 0 Å². The molecule has 2 heterocycles. The molecule has 0 aliphatic carbocycles. The zero-order chi connectivity index (χ0) is 25.2. The fourth-order valence-corrected chi connectivity index (χ4v) is 4.08. The maximum absolute atomic E-state index is 12.8. The Labute approximate surface area is 197 Å². The summed E-state index contributed by atoms with van der Waals surface area (Å²) in [6.07, 6.45) is -3.50. The van der Waals surface area contributed by atoms with Gasteiger partial charge in [-0.1, -0.05) is 19.0 Å². The fourth-order valence-electron chi connectivity index (χ4n) is 4.08. The highest BCUT2D eigenvalue weighted by Crippen LogP contribution is 2.37. The molecule has 0 spiro atoms. The Morgan fingerprint density at radius 2 is 1.91 bits per heavy atom. The number of aliphatic hydroxyl groups is 2. The van der Waals surface area contributed by atoms with Gasteiger partial charge in [-0.15, -0.1) is 0 Å². The first kappa shape index (κ1) is 26.0. The van der Waals surface area contributed by atoms with Crippen molar-refractivity contribution in [2.24, 2.45) is 5.16 Å². The summed E-state index contributed by atoms with van der Waals surface area (Å²) in [7, 11) is 1.42. The van der Waals surface area contributed by atoms with E-state index in [1.54, 1.807) is 33.8 Å². The van der Waals surface area contributed by atoms with Crippen LogP contribution in [0.4, 0.5) is 0 Å². The van der Waals surface area contributed by atoms with Gasteiger partial charge >= 0.3 is 5.63 Å². The van der Waals surface area contributed by atoms with Gasteiger partial charge < -0.3 is 38.8 Å². The summed E-state index contributed by atoms with van der Waals surface area (Å²) < 4.78 is 22.6. The topological polar surface area (TPSA) is 140 Å². The van der Waals surface area contributed by atoms with Crippen LogP contribution in [0.25, 0.3) is 11.0 Å². The molecule has 34 heavy (non-hydrogen) atoms. The summed E-state index contributed by atoms with van der Waals surface area (Å²) >= 11 is 0. The van der Waals surface area contributed by atoms with Gasteiger partial charge in [-0.05, 0) is 45.7 Å². The molecule has 0 saturated carbocycles. The molecule has 3 N–H and O–H groups in total. The van der Waals surface area contributed by atoms with Crippen LogP contribution in [0.2, 0.25) is 0 Å². The molecule has 1 aromatic carbocycles. The van der Waals surface area contributed by atoms with Crippen molar-refractivity contribution in [1.82, 2.24) is 0 Å². The summed E-state index contributed by atoms with van der Waals surface area (Å²) in [4.78, 5) is 18.0. The molecule has 1 fully saturated rings. The molecule has 1 aromatic heterocycles. The van der Waals surface area contributed by atoms with Gasteiger partial charge in [-0.25, -0.2) is 4.79 Å². The van der Waals surface area contributed by atoms with E-state index in [0.717, 1.165) is 6.42 Å². The number of oxime groups is 1. The molecule has 0 unspecified atom stereocenters. The minimum Gasteiger partial charge on any atom is -0.506 e. The first-order chi connectivity index (χ1) is 16.1. The molecule has 10 heteroatoms. The number of ether oxygens (including phenoxy) is 3. The number of aromatic hydroxyl groups is 1. The summed E-state index contributed by atoms with van der Waals surface area (Å²) in [5, 5.41) is 36.1. The highest BCUT2D eigenvalue weighted by atomic mass is 16.7. The van der Waals surface area contributed by atoms with Gasteiger partial charge in [0.2, 0.25) is 6.29 Å². The Hall–Kier alpha value is -2.66. The highest BCUT2D eigenvalue weighted by Gasteiger charge is 2.50. The molecule has 2 aromatic rings. The van der Waals surface area contributed by atoms with E-state index in [0.29, 0.717) is 24.0 Å². The second kappa shape index (κ2) is 10.3. The number of aliphatic hydroxyl groups excluding tert-OH is 2. The number of hydrogen-bond acceptors (Lipinski definition) is 10. The minimum absolute atomic E-state index is 0.0549. The van der Waals surface area contributed by atoms with Crippen molar-refractivity contribution in [3.8, 4) is 11.5 Å². The quantitative estimate of drug-likeness (QED) is 0.225. The Kier molecular flexibility index (Phi) is 7.87. The second-order valence-electron chi connectivity index (χ2n) is 8.75. The van der Waals surface area contributed by atoms with Crippen LogP contribution in [0.1, 0.15) is 51.7 Å². The van der Waals surface area contributed by atoms with Crippen LogP contribution in [0.3, 0.4) is 0 Å². The Bertz CT molecular complexity index is 1110. The highest BCUT2D eigenvalue weighted by molar-refractivity contribution is 6.06. The molecule has 1 saturated heterocycles. The number of rotatable bonds is 8. The Morgan fingerprint density at radius 3 is 2.53 bits per heavy atom. The smallest absolute Gasteiger partial charge is 0.349 e. The normalized spacial score (nSPS) is 24.9. The number of aryl methyl sites for hydroxylation is 1. The van der Waals surface area contributed by atoms with Gasteiger partial charge in [0, 0.05) is 12.7 Å². The molecule has 4 atom stereocenters. The predicted octanol–water partition coefficient (Wildman–Crippen LogP) is 2.60. The lowest BCUT2D eigenvalue weighted by Crippen LogP contribution is -2.63. The predicted molar refractivity (Wildman–Crippen MR) is 124 cm³/mol. The number of fused-ring (bicyclic) bond motifs is 1. The number of hydrogen-bond donors (Lipinski definition) is 3. The molecule has 1 aliphatic heterocycles. The van der Waals surface area contributed by atoms with E-state index in [-0.39, 0.29) is 28.4 Å². The lowest BCUT2D eigenvalue weighted by Gasteiger charge is -2.46. The standard InChI is InChI=1S/C24H33NO9/c1-7-11-31-25-14(8-2)16-17(26)13-9-10-15(12(3)20(13)33-22(16)29)32-23-19(28)18(27)21(30-6)24(4,5)34-23/h9-10,18-19,21,23,26-28H,7-8,11H2,1-6H3/t18-,19-,21-,23-/m1/s1. The first-order valence-electron chi connectivity index (χ1n) is 11.3. The van der Waals surface area contributed by atoms with Crippen LogP contribution in [0.5, 0.6) is 11.5 Å². The zero-order valence-electron chi connectivity index (χ0n) is 20.3. The number of methoxy groups -OCH3 is 1. The molecule has 0 bridgehead atoms. The van der Waals surface area contributed by atoms with Crippen molar-refractivity contribution in [2.45, 2.75) is 77.7 Å². The zero-order valence-corrected chi connectivity index (χ0v) is 20.3. The van der Waals surface area contributed by atoms with E-state index in [1.807, 2.05) is 6.92 Å². The van der Waals surface area contributed by atoms with Gasteiger partial charge in [-0.2, -0.15) is 0 Å². The van der Waals surface area contributed by atoms with Crippen LogP contribution in [-0.4, -0.2) is 65.0 Å². The average Bonchev–Trinajstić information content (AvgIpc) is 2.78. The van der Waals surface area contributed by atoms with Crippen LogP contribution >= 0.6 is 0 Å². The monoisotopic (exact) mass is 479 g/mol. The molecule has 0 radical (unpaired) electrons. The van der Waals surface area contributed by atoms with E-state index < -0.39 is 35.8 Å². The van der Waals surface area contributed by atoms with Crippen LogP contribution in [0, 0.1) is 6.92 Å². The van der Waals surface area contributed by atoms with Gasteiger partial charge in [0.05, 0.1) is 16.7 Å². The third kappa shape index (κ3) is 4.76. The molecule has 188 valence electrons. The largest absolute Gasteiger partial charge is 0.506 e. The summed E-state index contributed by atoms with van der Waals surface area (Å²) in [5.41, 5.74) is -0.959. The minimum atomic E-state index is -1.39. The summed E-state index contributed by atoms with van der Waals surface area (Å²) in [6, 6.07) is 3.10. The van der Waals surface area contributed by atoms with E-state index in [2.05, 4.69) is 5.16 Å². The van der Waals surface area contributed by atoms with Gasteiger partial charge in [-0.3, -0.25) is 0 Å². The Balaban J connectivity index is 1.99. The third-order valence-electron chi connectivity index (χ3n) is 5.88. The van der Waals surface area contributed by atoms with Crippen molar-refractivity contribution in [3.63, 3.8) is 0 Å². The summed E-state index contributed by atoms with van der Waals surface area (Å²) in [5.74, 6) is -0.0172. The fraction of sp³-hybridized carbons (Fsp3) is 0.583. The average molecular weight is 480 g/mol. The lowest BCUT2D eigenvalue weighted by atomic mass is 9.89. The maximum atomic E-state index is 12.8. The molecule has 3 rings (SSSR count). The van der Waals surface area contributed by atoms with Gasteiger partial charge in [0.15, 0.2) is 0 Å². The summed E-state index contributed by atoms with van der Waals surface area (Å²) in [6.45, 7) is 9.19. The van der Waals surface area contributed by atoms with Crippen LogP contribution in [0.15, 0.2) is 26.5 Å². The van der Waals surface area contributed by atoms with Crippen LogP contribution in [-0.2, 0) is 14.3 Å². The van der Waals surface area contributed by atoms with Crippen molar-refractivity contribution in [1.29, 1.82) is 0 Å². The van der Waals surface area contributed by atoms with Crippen molar-refractivity contribution >= 4 is 16.7 Å². The first-order valence-corrected chi connectivity index (χ1v) is 11.3. The van der Waals surface area contributed by atoms with Crippen LogP contribution < -0.4 is 10.4 Å². The van der Waals surface area contributed by atoms with E-state index in [4.69, 9.17) is 23.5 Å². The molecular formula is C24H33NO9. The maximum Gasteiger partial charge on any atom is 0.349 e.